The molecular weight excluding hydrogens is 430 g/mol. The SMILES string of the molecule is COc1ccc(CN(Cc2ccco2)C(=O)c2ccccc2Cl)cc1OS(C)(=O)=O. The van der Waals surface area contributed by atoms with Gasteiger partial charge in [0.25, 0.3) is 5.91 Å². The standard InChI is InChI=1S/C21H20ClNO6S/c1-27-19-10-9-15(12-20(19)29-30(2,25)26)13-23(14-16-6-5-11-28-16)21(24)17-7-3-4-8-18(17)22/h3-12H,13-14H2,1-2H3. The molecule has 1 amide bonds. The van der Waals surface area contributed by atoms with Crippen LogP contribution < -0.4 is 8.92 Å². The average molecular weight is 450 g/mol. The van der Waals surface area contributed by atoms with E-state index in [0.29, 0.717) is 21.9 Å². The van der Waals surface area contributed by atoms with Crippen molar-refractivity contribution in [2.24, 2.45) is 0 Å². The lowest BCUT2D eigenvalue weighted by Gasteiger charge is -2.23. The van der Waals surface area contributed by atoms with Gasteiger partial charge in [-0.25, -0.2) is 0 Å². The highest BCUT2D eigenvalue weighted by Gasteiger charge is 2.21. The Hall–Kier alpha value is -2.97. The third-order valence-corrected chi connectivity index (χ3v) is 4.97. The molecule has 0 saturated heterocycles. The van der Waals surface area contributed by atoms with Crippen molar-refractivity contribution in [3.05, 3.63) is 82.8 Å². The second-order valence-electron chi connectivity index (χ2n) is 6.49. The average Bonchev–Trinajstić information content (AvgIpc) is 3.19. The number of ether oxygens (including phenoxy) is 1. The van der Waals surface area contributed by atoms with Crippen molar-refractivity contribution in [3.63, 3.8) is 0 Å². The maximum atomic E-state index is 13.2. The highest BCUT2D eigenvalue weighted by molar-refractivity contribution is 7.86. The first-order valence-electron chi connectivity index (χ1n) is 8.89. The van der Waals surface area contributed by atoms with Crippen molar-refractivity contribution in [1.29, 1.82) is 0 Å². The molecule has 3 aromatic rings. The number of benzene rings is 2. The zero-order valence-corrected chi connectivity index (χ0v) is 17.9. The molecule has 7 nitrogen and oxygen atoms in total. The minimum atomic E-state index is -3.75. The molecule has 0 fully saturated rings. The second kappa shape index (κ2) is 9.23. The lowest BCUT2D eigenvalue weighted by Crippen LogP contribution is -2.30. The van der Waals surface area contributed by atoms with Gasteiger partial charge in [0.1, 0.15) is 5.76 Å². The van der Waals surface area contributed by atoms with Crippen molar-refractivity contribution < 1.29 is 26.5 Å². The van der Waals surface area contributed by atoms with Crippen molar-refractivity contribution in [3.8, 4) is 11.5 Å². The van der Waals surface area contributed by atoms with E-state index >= 15 is 0 Å². The molecule has 0 unspecified atom stereocenters. The fourth-order valence-corrected chi connectivity index (χ4v) is 3.54. The monoisotopic (exact) mass is 449 g/mol. The predicted molar refractivity (Wildman–Crippen MR) is 112 cm³/mol. The molecule has 0 bridgehead atoms. The smallest absolute Gasteiger partial charge is 0.306 e. The van der Waals surface area contributed by atoms with Gasteiger partial charge in [-0.15, -0.1) is 0 Å². The summed E-state index contributed by atoms with van der Waals surface area (Å²) in [5.41, 5.74) is 0.994. The molecule has 0 aliphatic heterocycles. The molecule has 0 N–H and O–H groups in total. The molecular formula is C21H20ClNO6S. The number of methoxy groups -OCH3 is 1. The summed E-state index contributed by atoms with van der Waals surface area (Å²) in [6, 6.07) is 15.1. The van der Waals surface area contributed by atoms with Crippen LogP contribution in [0, 0.1) is 0 Å². The van der Waals surface area contributed by atoms with E-state index < -0.39 is 10.1 Å². The summed E-state index contributed by atoms with van der Waals surface area (Å²) in [5.74, 6) is 0.606. The normalized spacial score (nSPS) is 11.2. The minimum absolute atomic E-state index is 0.0423. The summed E-state index contributed by atoms with van der Waals surface area (Å²) in [4.78, 5) is 14.7. The summed E-state index contributed by atoms with van der Waals surface area (Å²) in [5, 5.41) is 0.336. The first kappa shape index (κ1) is 21.7. The Labute approximate surface area is 179 Å². The van der Waals surface area contributed by atoms with Gasteiger partial charge in [0.15, 0.2) is 11.5 Å². The van der Waals surface area contributed by atoms with E-state index in [2.05, 4.69) is 0 Å². The van der Waals surface area contributed by atoms with Crippen LogP contribution in [0.3, 0.4) is 0 Å². The van der Waals surface area contributed by atoms with Gasteiger partial charge in [0.05, 0.1) is 36.8 Å². The summed E-state index contributed by atoms with van der Waals surface area (Å²) in [7, 11) is -2.34. The third kappa shape index (κ3) is 5.55. The van der Waals surface area contributed by atoms with Crippen LogP contribution in [0.5, 0.6) is 11.5 Å². The highest BCUT2D eigenvalue weighted by Crippen LogP contribution is 2.30. The Balaban J connectivity index is 1.94. The Bertz CT molecular complexity index is 1130. The van der Waals surface area contributed by atoms with E-state index in [0.717, 1.165) is 6.26 Å². The molecule has 0 aliphatic carbocycles. The fraction of sp³-hybridized carbons (Fsp3) is 0.190. The van der Waals surface area contributed by atoms with Crippen molar-refractivity contribution in [1.82, 2.24) is 4.90 Å². The molecule has 0 aliphatic rings. The number of carbonyl (C=O) groups excluding carboxylic acids is 1. The summed E-state index contributed by atoms with van der Waals surface area (Å²) < 4.78 is 38.7. The van der Waals surface area contributed by atoms with Gasteiger partial charge in [-0.05, 0) is 42.0 Å². The Kier molecular flexibility index (Phi) is 6.69. The first-order chi connectivity index (χ1) is 14.3. The third-order valence-electron chi connectivity index (χ3n) is 4.16. The molecule has 1 heterocycles. The lowest BCUT2D eigenvalue weighted by atomic mass is 10.1. The summed E-state index contributed by atoms with van der Waals surface area (Å²) in [6.45, 7) is 0.361. The van der Waals surface area contributed by atoms with Crippen molar-refractivity contribution in [2.75, 3.05) is 13.4 Å². The molecule has 3 rings (SSSR count). The molecule has 9 heteroatoms. The number of nitrogens with zero attached hydrogens (tertiary/aromatic N) is 1. The van der Waals surface area contributed by atoms with Gasteiger partial charge >= 0.3 is 10.1 Å². The number of hydrogen-bond acceptors (Lipinski definition) is 6. The van der Waals surface area contributed by atoms with Crippen LogP contribution in [-0.2, 0) is 23.2 Å². The maximum absolute atomic E-state index is 13.2. The number of hydrogen-bond donors (Lipinski definition) is 0. The Morgan fingerprint density at radius 1 is 1.07 bits per heavy atom. The molecule has 1 aromatic heterocycles. The minimum Gasteiger partial charge on any atom is -0.493 e. The van der Waals surface area contributed by atoms with Gasteiger partial charge in [0.2, 0.25) is 0 Å². The molecule has 0 spiro atoms. The summed E-state index contributed by atoms with van der Waals surface area (Å²) in [6.07, 6.45) is 2.47. The van der Waals surface area contributed by atoms with E-state index in [1.54, 1.807) is 53.4 Å². The topological polar surface area (TPSA) is 86.0 Å². The first-order valence-corrected chi connectivity index (χ1v) is 11.1. The molecule has 0 radical (unpaired) electrons. The zero-order valence-electron chi connectivity index (χ0n) is 16.4. The van der Waals surface area contributed by atoms with Gasteiger partial charge in [-0.1, -0.05) is 29.8 Å². The van der Waals surface area contributed by atoms with E-state index in [4.69, 9.17) is 24.9 Å². The van der Waals surface area contributed by atoms with Crippen LogP contribution in [0.25, 0.3) is 0 Å². The van der Waals surface area contributed by atoms with Crippen LogP contribution in [0.15, 0.2) is 65.3 Å². The number of amides is 1. The Morgan fingerprint density at radius 3 is 2.47 bits per heavy atom. The van der Waals surface area contributed by atoms with E-state index in [-0.39, 0.29) is 30.5 Å². The molecule has 0 saturated carbocycles. The van der Waals surface area contributed by atoms with Crippen molar-refractivity contribution in [2.45, 2.75) is 13.1 Å². The Morgan fingerprint density at radius 2 is 1.83 bits per heavy atom. The van der Waals surface area contributed by atoms with E-state index in [9.17, 15) is 13.2 Å². The number of rotatable bonds is 8. The van der Waals surface area contributed by atoms with Crippen LogP contribution in [0.2, 0.25) is 5.02 Å². The van der Waals surface area contributed by atoms with Crippen molar-refractivity contribution >= 4 is 27.6 Å². The van der Waals surface area contributed by atoms with Crippen LogP contribution in [0.1, 0.15) is 21.7 Å². The number of halogens is 1. The van der Waals surface area contributed by atoms with Crippen LogP contribution in [0.4, 0.5) is 0 Å². The maximum Gasteiger partial charge on any atom is 0.306 e. The molecule has 2 aromatic carbocycles. The van der Waals surface area contributed by atoms with Crippen LogP contribution in [-0.4, -0.2) is 32.6 Å². The highest BCUT2D eigenvalue weighted by atomic mass is 35.5. The molecule has 158 valence electrons. The number of carbonyl (C=O) groups is 1. The zero-order chi connectivity index (χ0) is 21.7. The van der Waals surface area contributed by atoms with Gasteiger partial charge in [0, 0.05) is 6.54 Å². The van der Waals surface area contributed by atoms with Gasteiger partial charge in [-0.3, -0.25) is 4.79 Å². The quantitative estimate of drug-likeness (QED) is 0.481. The molecule has 0 atom stereocenters. The lowest BCUT2D eigenvalue weighted by molar-refractivity contribution is 0.0717. The fourth-order valence-electron chi connectivity index (χ4n) is 2.86. The second-order valence-corrected chi connectivity index (χ2v) is 8.48. The van der Waals surface area contributed by atoms with E-state index in [1.165, 1.54) is 19.4 Å². The largest absolute Gasteiger partial charge is 0.493 e. The van der Waals surface area contributed by atoms with E-state index in [1.807, 2.05) is 0 Å². The van der Waals surface area contributed by atoms with Gasteiger partial charge < -0.3 is 18.2 Å². The number of furan rings is 1. The predicted octanol–water partition coefficient (Wildman–Crippen LogP) is 4.12. The summed E-state index contributed by atoms with van der Waals surface area (Å²) >= 11 is 6.21. The molecule has 30 heavy (non-hydrogen) atoms. The van der Waals surface area contributed by atoms with Crippen LogP contribution >= 0.6 is 11.6 Å². The van der Waals surface area contributed by atoms with Gasteiger partial charge in [-0.2, -0.15) is 8.42 Å².